The molecule has 7 heteroatoms. The van der Waals surface area contributed by atoms with Gasteiger partial charge in [0.25, 0.3) is 0 Å². The van der Waals surface area contributed by atoms with E-state index < -0.39 is 0 Å². The Morgan fingerprint density at radius 1 is 1.11 bits per heavy atom. The van der Waals surface area contributed by atoms with Gasteiger partial charge in [-0.1, -0.05) is 73.3 Å². The molecule has 1 atom stereocenters. The Kier molecular flexibility index (Phi) is 6.68. The summed E-state index contributed by atoms with van der Waals surface area (Å²) in [5.74, 6) is 0.872. The molecular formula is C20H24N4OS2. The second-order valence-electron chi connectivity index (χ2n) is 6.83. The molecule has 0 saturated heterocycles. The van der Waals surface area contributed by atoms with Gasteiger partial charge in [0.05, 0.1) is 11.8 Å². The van der Waals surface area contributed by atoms with Crippen LogP contribution >= 0.6 is 23.1 Å². The molecule has 3 rings (SSSR count). The molecule has 3 aromatic rings. The maximum atomic E-state index is 12.3. The predicted octanol–water partition coefficient (Wildman–Crippen LogP) is 4.73. The van der Waals surface area contributed by atoms with Gasteiger partial charge >= 0.3 is 0 Å². The summed E-state index contributed by atoms with van der Waals surface area (Å²) < 4.78 is 0.801. The SMILES string of the molecule is CC(C)CNc1nnc(SCC(=O)NC(C)c2ccc3ccccc3c2)s1. The quantitative estimate of drug-likeness (QED) is 0.535. The monoisotopic (exact) mass is 400 g/mol. The molecule has 5 nitrogen and oxygen atoms in total. The van der Waals surface area contributed by atoms with E-state index in [1.807, 2.05) is 19.1 Å². The van der Waals surface area contributed by atoms with Crippen molar-refractivity contribution in [2.45, 2.75) is 31.2 Å². The van der Waals surface area contributed by atoms with Crippen LogP contribution in [0.1, 0.15) is 32.4 Å². The Morgan fingerprint density at radius 3 is 2.67 bits per heavy atom. The summed E-state index contributed by atoms with van der Waals surface area (Å²) in [7, 11) is 0. The summed E-state index contributed by atoms with van der Waals surface area (Å²) in [4.78, 5) is 12.3. The van der Waals surface area contributed by atoms with Gasteiger partial charge in [0.1, 0.15) is 0 Å². The van der Waals surface area contributed by atoms with Gasteiger partial charge in [0.15, 0.2) is 4.34 Å². The van der Waals surface area contributed by atoms with Crippen molar-refractivity contribution in [1.29, 1.82) is 0 Å². The second kappa shape index (κ2) is 9.19. The molecule has 0 fully saturated rings. The first-order valence-electron chi connectivity index (χ1n) is 8.99. The number of aromatic nitrogens is 2. The molecule has 1 aromatic heterocycles. The molecule has 0 spiro atoms. The fourth-order valence-corrected chi connectivity index (χ4v) is 4.17. The molecule has 0 aliphatic carbocycles. The van der Waals surface area contributed by atoms with Crippen LogP contribution in [0.5, 0.6) is 0 Å². The molecule has 27 heavy (non-hydrogen) atoms. The van der Waals surface area contributed by atoms with Gasteiger partial charge in [-0.2, -0.15) is 0 Å². The smallest absolute Gasteiger partial charge is 0.230 e. The Balaban J connectivity index is 1.51. The second-order valence-corrected chi connectivity index (χ2v) is 9.03. The first-order chi connectivity index (χ1) is 13.0. The Labute approximate surface area is 168 Å². The van der Waals surface area contributed by atoms with E-state index in [0.717, 1.165) is 21.6 Å². The van der Waals surface area contributed by atoms with Crippen molar-refractivity contribution in [3.63, 3.8) is 0 Å². The van der Waals surface area contributed by atoms with Gasteiger partial charge in [0, 0.05) is 6.54 Å². The van der Waals surface area contributed by atoms with Crippen LogP contribution in [0, 0.1) is 5.92 Å². The number of nitrogens with zero attached hydrogens (tertiary/aromatic N) is 2. The molecule has 0 bridgehead atoms. The van der Waals surface area contributed by atoms with Gasteiger partial charge in [-0.25, -0.2) is 0 Å². The van der Waals surface area contributed by atoms with Crippen molar-refractivity contribution < 1.29 is 4.79 Å². The molecule has 1 unspecified atom stereocenters. The van der Waals surface area contributed by atoms with Crippen LogP contribution in [-0.4, -0.2) is 28.4 Å². The molecule has 2 aromatic carbocycles. The third-order valence-corrected chi connectivity index (χ3v) is 6.06. The molecule has 0 aliphatic rings. The number of rotatable bonds is 8. The number of carbonyl (C=O) groups excluding carboxylic acids is 1. The first kappa shape index (κ1) is 19.6. The lowest BCUT2D eigenvalue weighted by Gasteiger charge is -2.14. The van der Waals surface area contributed by atoms with E-state index in [2.05, 4.69) is 65.0 Å². The molecule has 0 saturated carbocycles. The average Bonchev–Trinajstić information content (AvgIpc) is 3.12. The minimum absolute atomic E-state index is 0.00690. The van der Waals surface area contributed by atoms with Gasteiger partial charge < -0.3 is 10.6 Å². The third-order valence-electron chi connectivity index (χ3n) is 4.05. The highest BCUT2D eigenvalue weighted by atomic mass is 32.2. The minimum atomic E-state index is -0.0413. The summed E-state index contributed by atoms with van der Waals surface area (Å²) in [6.45, 7) is 7.16. The van der Waals surface area contributed by atoms with Gasteiger partial charge in [-0.3, -0.25) is 4.79 Å². The van der Waals surface area contributed by atoms with Crippen LogP contribution in [-0.2, 0) is 4.79 Å². The normalized spacial score (nSPS) is 12.3. The number of thioether (sulfide) groups is 1. The van der Waals surface area contributed by atoms with Crippen molar-refractivity contribution in [3.8, 4) is 0 Å². The number of anilines is 1. The zero-order chi connectivity index (χ0) is 19.2. The number of hydrogen-bond donors (Lipinski definition) is 2. The standard InChI is InChI=1S/C20H24N4OS2/c1-13(2)11-21-19-23-24-20(27-19)26-12-18(25)22-14(3)16-9-8-15-6-4-5-7-17(15)10-16/h4-10,13-14H,11-12H2,1-3H3,(H,21,23)(H,22,25). The number of amides is 1. The lowest BCUT2D eigenvalue weighted by molar-refractivity contribution is -0.119. The summed E-state index contributed by atoms with van der Waals surface area (Å²) in [6, 6.07) is 14.5. The van der Waals surface area contributed by atoms with E-state index in [1.54, 1.807) is 0 Å². The number of hydrogen-bond acceptors (Lipinski definition) is 6. The lowest BCUT2D eigenvalue weighted by atomic mass is 10.0. The zero-order valence-corrected chi connectivity index (χ0v) is 17.4. The largest absolute Gasteiger partial charge is 0.360 e. The third kappa shape index (κ3) is 5.68. The van der Waals surface area contributed by atoms with Crippen LogP contribution in [0.15, 0.2) is 46.8 Å². The van der Waals surface area contributed by atoms with E-state index in [4.69, 9.17) is 0 Å². The van der Waals surface area contributed by atoms with Crippen LogP contribution in [0.2, 0.25) is 0 Å². The maximum absolute atomic E-state index is 12.3. The van der Waals surface area contributed by atoms with E-state index in [9.17, 15) is 4.79 Å². The van der Waals surface area contributed by atoms with Crippen molar-refractivity contribution in [3.05, 3.63) is 48.0 Å². The predicted molar refractivity (Wildman–Crippen MR) is 114 cm³/mol. The number of carbonyl (C=O) groups is 1. The topological polar surface area (TPSA) is 66.9 Å². The summed E-state index contributed by atoms with van der Waals surface area (Å²) >= 11 is 2.90. The Hall–Kier alpha value is -2.12. The Bertz CT molecular complexity index is 910. The molecule has 1 heterocycles. The van der Waals surface area contributed by atoms with Crippen molar-refractivity contribution >= 4 is 44.9 Å². The minimum Gasteiger partial charge on any atom is -0.360 e. The molecule has 0 radical (unpaired) electrons. The van der Waals surface area contributed by atoms with Crippen LogP contribution in [0.25, 0.3) is 10.8 Å². The van der Waals surface area contributed by atoms with Crippen molar-refractivity contribution in [2.24, 2.45) is 5.92 Å². The Morgan fingerprint density at radius 2 is 1.89 bits per heavy atom. The van der Waals surface area contributed by atoms with Crippen LogP contribution < -0.4 is 10.6 Å². The summed E-state index contributed by atoms with van der Waals surface area (Å²) in [5.41, 5.74) is 1.10. The summed E-state index contributed by atoms with van der Waals surface area (Å²) in [6.07, 6.45) is 0. The summed E-state index contributed by atoms with van der Waals surface area (Å²) in [5, 5.41) is 17.7. The maximum Gasteiger partial charge on any atom is 0.230 e. The highest BCUT2D eigenvalue weighted by molar-refractivity contribution is 8.01. The molecular weight excluding hydrogens is 376 g/mol. The highest BCUT2D eigenvalue weighted by Gasteiger charge is 2.12. The molecule has 1 amide bonds. The van der Waals surface area contributed by atoms with E-state index >= 15 is 0 Å². The first-order valence-corrected chi connectivity index (χ1v) is 10.8. The van der Waals surface area contributed by atoms with Crippen molar-refractivity contribution in [2.75, 3.05) is 17.6 Å². The number of fused-ring (bicyclic) bond motifs is 1. The lowest BCUT2D eigenvalue weighted by Crippen LogP contribution is -2.28. The van der Waals surface area contributed by atoms with E-state index in [1.165, 1.54) is 33.9 Å². The number of benzene rings is 2. The van der Waals surface area contributed by atoms with Gasteiger partial charge in [-0.05, 0) is 35.2 Å². The van der Waals surface area contributed by atoms with E-state index in [-0.39, 0.29) is 11.9 Å². The van der Waals surface area contributed by atoms with Crippen LogP contribution in [0.3, 0.4) is 0 Å². The molecule has 142 valence electrons. The average molecular weight is 401 g/mol. The fraction of sp³-hybridized carbons (Fsp3) is 0.350. The van der Waals surface area contributed by atoms with Gasteiger partial charge in [-0.15, -0.1) is 10.2 Å². The number of nitrogens with one attached hydrogen (secondary N) is 2. The zero-order valence-electron chi connectivity index (χ0n) is 15.7. The fourth-order valence-electron chi connectivity index (χ4n) is 2.60. The van der Waals surface area contributed by atoms with Crippen molar-refractivity contribution in [1.82, 2.24) is 15.5 Å². The van der Waals surface area contributed by atoms with Crippen LogP contribution in [0.4, 0.5) is 5.13 Å². The molecule has 0 aliphatic heterocycles. The van der Waals surface area contributed by atoms with E-state index in [0.29, 0.717) is 11.7 Å². The van der Waals surface area contributed by atoms with Gasteiger partial charge in [0.2, 0.25) is 11.0 Å². The molecule has 2 N–H and O–H groups in total. The highest BCUT2D eigenvalue weighted by Crippen LogP contribution is 2.26.